The zero-order valence-electron chi connectivity index (χ0n) is 17.2. The van der Waals surface area contributed by atoms with Crippen molar-refractivity contribution in [3.8, 4) is 23.3 Å². The summed E-state index contributed by atoms with van der Waals surface area (Å²) in [6.07, 6.45) is 1.14. The maximum atomic E-state index is 9.74. The van der Waals surface area contributed by atoms with E-state index in [1.54, 1.807) is 21.0 Å². The van der Waals surface area contributed by atoms with Crippen LogP contribution in [-0.2, 0) is 13.1 Å². The van der Waals surface area contributed by atoms with Gasteiger partial charge in [0.25, 0.3) is 0 Å². The first kappa shape index (κ1) is 20.3. The van der Waals surface area contributed by atoms with Gasteiger partial charge in [-0.25, -0.2) is 0 Å². The van der Waals surface area contributed by atoms with Gasteiger partial charge in [-0.15, -0.1) is 0 Å². The highest BCUT2D eigenvalue weighted by Crippen LogP contribution is 2.30. The van der Waals surface area contributed by atoms with Crippen molar-refractivity contribution in [2.75, 3.05) is 13.7 Å². The lowest BCUT2D eigenvalue weighted by Crippen LogP contribution is -2.32. The molecule has 3 rings (SSSR count). The fourth-order valence-corrected chi connectivity index (χ4v) is 3.24. The lowest BCUT2D eigenvalue weighted by Gasteiger charge is -2.23. The molecule has 28 heavy (non-hydrogen) atoms. The molecular formula is C24H29NO3. The number of rotatable bonds is 4. The van der Waals surface area contributed by atoms with Crippen LogP contribution in [0.4, 0.5) is 0 Å². The maximum Gasteiger partial charge on any atom is 0.124 e. The fourth-order valence-electron chi connectivity index (χ4n) is 3.24. The van der Waals surface area contributed by atoms with Crippen LogP contribution in [0.5, 0.6) is 11.5 Å². The molecule has 4 heteroatoms. The first-order valence-electron chi connectivity index (χ1n) is 9.76. The first-order valence-corrected chi connectivity index (χ1v) is 9.76. The minimum atomic E-state index is -0.978. The van der Waals surface area contributed by atoms with Gasteiger partial charge in [-0.05, 0) is 56.2 Å². The summed E-state index contributed by atoms with van der Waals surface area (Å²) in [5, 5.41) is 9.74. The summed E-state index contributed by atoms with van der Waals surface area (Å²) in [7, 11) is 1.69. The standard InChI is InChI=1S/C24H29NO3/c1-5-21-17-25(16-20-14-22(27-4)10-11-23(20)28-21)15-19-8-6-18(7-9-19)12-13-24(2,3)26/h6-11,14,21,26H,5,15-17H2,1-4H3. The quantitative estimate of drug-likeness (QED) is 0.816. The molecule has 1 heterocycles. The molecule has 4 nitrogen and oxygen atoms in total. The van der Waals surface area contributed by atoms with Crippen molar-refractivity contribution < 1.29 is 14.6 Å². The summed E-state index contributed by atoms with van der Waals surface area (Å²) in [6.45, 7) is 8.08. The van der Waals surface area contributed by atoms with Crippen LogP contribution in [0.3, 0.4) is 0 Å². The van der Waals surface area contributed by atoms with Crippen molar-refractivity contribution in [1.82, 2.24) is 4.90 Å². The van der Waals surface area contributed by atoms with E-state index in [-0.39, 0.29) is 6.10 Å². The van der Waals surface area contributed by atoms with Gasteiger partial charge in [0.2, 0.25) is 0 Å². The van der Waals surface area contributed by atoms with Crippen LogP contribution < -0.4 is 9.47 Å². The molecule has 1 unspecified atom stereocenters. The molecule has 0 spiro atoms. The van der Waals surface area contributed by atoms with E-state index in [0.29, 0.717) is 0 Å². The van der Waals surface area contributed by atoms with Crippen LogP contribution >= 0.6 is 0 Å². The fraction of sp³-hybridized carbons (Fsp3) is 0.417. The second-order valence-electron chi connectivity index (χ2n) is 7.80. The van der Waals surface area contributed by atoms with Crippen LogP contribution in [0.2, 0.25) is 0 Å². The highest BCUT2D eigenvalue weighted by atomic mass is 16.5. The molecule has 0 aliphatic carbocycles. The van der Waals surface area contributed by atoms with Crippen LogP contribution in [-0.4, -0.2) is 35.4 Å². The SMILES string of the molecule is CCC1CN(Cc2ccc(C#CC(C)(C)O)cc2)Cc2cc(OC)ccc2O1. The Balaban J connectivity index is 1.75. The van der Waals surface area contributed by atoms with Gasteiger partial charge in [-0.1, -0.05) is 30.9 Å². The number of fused-ring (bicyclic) bond motifs is 1. The van der Waals surface area contributed by atoms with Gasteiger partial charge in [0.15, 0.2) is 0 Å². The zero-order valence-corrected chi connectivity index (χ0v) is 17.2. The summed E-state index contributed by atoms with van der Waals surface area (Å²) in [4.78, 5) is 2.41. The molecule has 0 amide bonds. The average Bonchev–Trinajstić information content (AvgIpc) is 2.84. The molecule has 1 aliphatic heterocycles. The molecule has 148 valence electrons. The van der Waals surface area contributed by atoms with Gasteiger partial charge in [-0.3, -0.25) is 4.90 Å². The zero-order chi connectivity index (χ0) is 20.1. The summed E-state index contributed by atoms with van der Waals surface area (Å²) >= 11 is 0. The third kappa shape index (κ3) is 5.51. The third-order valence-corrected chi connectivity index (χ3v) is 4.75. The van der Waals surface area contributed by atoms with Gasteiger partial charge in [0.05, 0.1) is 7.11 Å². The van der Waals surface area contributed by atoms with Gasteiger partial charge in [0, 0.05) is 30.8 Å². The molecule has 0 saturated heterocycles. The summed E-state index contributed by atoms with van der Waals surface area (Å²) in [6, 6.07) is 14.3. The Morgan fingerprint density at radius 2 is 1.96 bits per heavy atom. The topological polar surface area (TPSA) is 41.9 Å². The molecule has 1 aliphatic rings. The number of methoxy groups -OCH3 is 1. The highest BCUT2D eigenvalue weighted by molar-refractivity contribution is 5.41. The number of hydrogen-bond donors (Lipinski definition) is 1. The number of hydrogen-bond acceptors (Lipinski definition) is 4. The normalized spacial score (nSPS) is 17.0. The third-order valence-electron chi connectivity index (χ3n) is 4.75. The van der Waals surface area contributed by atoms with Crippen molar-refractivity contribution in [2.24, 2.45) is 0 Å². The minimum absolute atomic E-state index is 0.173. The van der Waals surface area contributed by atoms with Crippen LogP contribution in [0.15, 0.2) is 42.5 Å². The number of aliphatic hydroxyl groups is 1. The predicted molar refractivity (Wildman–Crippen MR) is 111 cm³/mol. The summed E-state index contributed by atoms with van der Waals surface area (Å²) in [5.74, 6) is 7.67. The van der Waals surface area contributed by atoms with E-state index in [1.165, 1.54) is 5.56 Å². The minimum Gasteiger partial charge on any atom is -0.497 e. The molecule has 0 fully saturated rings. The Morgan fingerprint density at radius 3 is 2.61 bits per heavy atom. The predicted octanol–water partition coefficient (Wildman–Crippen LogP) is 3.99. The summed E-state index contributed by atoms with van der Waals surface area (Å²) in [5.41, 5.74) is 2.32. The molecule has 0 bridgehead atoms. The maximum absolute atomic E-state index is 9.74. The first-order chi connectivity index (χ1) is 13.4. The van der Waals surface area contributed by atoms with Gasteiger partial charge >= 0.3 is 0 Å². The Morgan fingerprint density at radius 1 is 1.21 bits per heavy atom. The average molecular weight is 380 g/mol. The van der Waals surface area contributed by atoms with Crippen LogP contribution in [0, 0.1) is 11.8 Å². The number of nitrogens with zero attached hydrogens (tertiary/aromatic N) is 1. The Kier molecular flexibility index (Phi) is 6.28. The monoisotopic (exact) mass is 379 g/mol. The Labute approximate surface area is 168 Å². The lowest BCUT2D eigenvalue weighted by atomic mass is 10.1. The largest absolute Gasteiger partial charge is 0.497 e. The molecule has 2 aromatic rings. The van der Waals surface area contributed by atoms with Crippen molar-refractivity contribution in [1.29, 1.82) is 0 Å². The molecule has 1 N–H and O–H groups in total. The second kappa shape index (κ2) is 8.68. The van der Waals surface area contributed by atoms with Crippen LogP contribution in [0.1, 0.15) is 43.9 Å². The van der Waals surface area contributed by atoms with Gasteiger partial charge in [-0.2, -0.15) is 0 Å². The van der Waals surface area contributed by atoms with E-state index in [1.807, 2.05) is 24.3 Å². The molecular weight excluding hydrogens is 350 g/mol. The van der Waals surface area contributed by atoms with Crippen molar-refractivity contribution >= 4 is 0 Å². The van der Waals surface area contributed by atoms with E-state index >= 15 is 0 Å². The number of benzene rings is 2. The molecule has 0 saturated carbocycles. The van der Waals surface area contributed by atoms with Crippen molar-refractivity contribution in [2.45, 2.75) is 52.0 Å². The molecule has 1 atom stereocenters. The Hall–Kier alpha value is -2.48. The van der Waals surface area contributed by atoms with Gasteiger partial charge in [0.1, 0.15) is 23.2 Å². The molecule has 0 radical (unpaired) electrons. The number of ether oxygens (including phenoxy) is 2. The van der Waals surface area contributed by atoms with E-state index in [2.05, 4.69) is 41.9 Å². The van der Waals surface area contributed by atoms with E-state index in [0.717, 1.165) is 48.7 Å². The second-order valence-corrected chi connectivity index (χ2v) is 7.80. The lowest BCUT2D eigenvalue weighted by molar-refractivity contribution is 0.139. The Bertz CT molecular complexity index is 856. The molecule has 0 aromatic heterocycles. The van der Waals surface area contributed by atoms with E-state index in [4.69, 9.17) is 9.47 Å². The summed E-state index contributed by atoms with van der Waals surface area (Å²) < 4.78 is 11.6. The van der Waals surface area contributed by atoms with Gasteiger partial charge < -0.3 is 14.6 Å². The molecule has 2 aromatic carbocycles. The van der Waals surface area contributed by atoms with Crippen molar-refractivity contribution in [3.05, 3.63) is 59.2 Å². The van der Waals surface area contributed by atoms with E-state index < -0.39 is 5.60 Å². The van der Waals surface area contributed by atoms with Crippen molar-refractivity contribution in [3.63, 3.8) is 0 Å². The van der Waals surface area contributed by atoms with Crippen LogP contribution in [0.25, 0.3) is 0 Å². The van der Waals surface area contributed by atoms with E-state index in [9.17, 15) is 5.11 Å². The highest BCUT2D eigenvalue weighted by Gasteiger charge is 2.22. The smallest absolute Gasteiger partial charge is 0.124 e.